The Hall–Kier alpha value is -0.160. The van der Waals surface area contributed by atoms with E-state index in [1.807, 2.05) is 0 Å². The lowest BCUT2D eigenvalue weighted by Gasteiger charge is -2.28. The minimum absolute atomic E-state index is 0.0856. The van der Waals surface area contributed by atoms with Crippen LogP contribution in [0.25, 0.3) is 0 Å². The third-order valence-corrected chi connectivity index (χ3v) is 2.49. The predicted octanol–water partition coefficient (Wildman–Crippen LogP) is 1.91. The molecule has 0 aromatic heterocycles. The van der Waals surface area contributed by atoms with Crippen molar-refractivity contribution in [1.82, 2.24) is 5.32 Å². The highest BCUT2D eigenvalue weighted by Gasteiger charge is 2.22. The van der Waals surface area contributed by atoms with E-state index in [-0.39, 0.29) is 12.5 Å². The van der Waals surface area contributed by atoms with Gasteiger partial charge in [0, 0.05) is 13.2 Å². The van der Waals surface area contributed by atoms with Crippen molar-refractivity contribution in [2.45, 2.75) is 52.0 Å². The van der Waals surface area contributed by atoms with Crippen LogP contribution in [-0.2, 0) is 14.2 Å². The minimum Gasteiger partial charge on any atom is -0.359 e. The molecule has 0 saturated carbocycles. The van der Waals surface area contributed by atoms with Crippen LogP contribution in [0, 0.1) is 0 Å². The smallest absolute Gasteiger partial charge is 0.171 e. The zero-order valence-corrected chi connectivity index (χ0v) is 10.5. The molecule has 0 amide bonds. The van der Waals surface area contributed by atoms with Crippen LogP contribution in [0.4, 0.5) is 0 Å². The van der Waals surface area contributed by atoms with Gasteiger partial charge in [0.25, 0.3) is 0 Å². The Balaban J connectivity index is 2.00. The summed E-state index contributed by atoms with van der Waals surface area (Å²) in [6, 6.07) is 0. The average molecular weight is 230 g/mol. The van der Waals surface area contributed by atoms with Crippen molar-refractivity contribution in [2.24, 2.45) is 0 Å². The fourth-order valence-electron chi connectivity index (χ4n) is 1.42. The van der Waals surface area contributed by atoms with Crippen LogP contribution in [0.3, 0.4) is 0 Å². The number of hydrogen-bond donors (Lipinski definition) is 0. The van der Waals surface area contributed by atoms with Crippen molar-refractivity contribution in [3.63, 3.8) is 0 Å². The molecule has 0 spiro atoms. The van der Waals surface area contributed by atoms with Crippen LogP contribution in [0.15, 0.2) is 0 Å². The van der Waals surface area contributed by atoms with Gasteiger partial charge in [-0.15, -0.1) is 0 Å². The van der Waals surface area contributed by atoms with Gasteiger partial charge in [-0.05, 0) is 12.8 Å². The molecule has 1 aliphatic rings. The monoisotopic (exact) mass is 230 g/mol. The zero-order valence-electron chi connectivity index (χ0n) is 10.5. The molecule has 95 valence electrons. The van der Waals surface area contributed by atoms with E-state index in [1.165, 1.54) is 0 Å². The van der Waals surface area contributed by atoms with E-state index in [9.17, 15) is 0 Å². The fraction of sp³-hybridized carbons (Fsp3) is 1.00. The largest absolute Gasteiger partial charge is 0.359 e. The van der Waals surface area contributed by atoms with E-state index in [4.69, 9.17) is 14.2 Å². The normalized spacial score (nSPS) is 25.9. The van der Waals surface area contributed by atoms with Gasteiger partial charge in [0.2, 0.25) is 0 Å². The van der Waals surface area contributed by atoms with Gasteiger partial charge in [-0.1, -0.05) is 26.7 Å². The number of nitrogens with zero attached hydrogens (tertiary/aromatic N) is 1. The van der Waals surface area contributed by atoms with Gasteiger partial charge < -0.3 is 14.2 Å². The molecule has 1 saturated heterocycles. The van der Waals surface area contributed by atoms with Crippen LogP contribution >= 0.6 is 0 Å². The highest BCUT2D eigenvalue weighted by atomic mass is 16.7. The molecule has 1 aliphatic heterocycles. The van der Waals surface area contributed by atoms with Gasteiger partial charge in [0.1, 0.15) is 6.23 Å². The number of rotatable bonds is 8. The van der Waals surface area contributed by atoms with Gasteiger partial charge >= 0.3 is 0 Å². The van der Waals surface area contributed by atoms with Crippen molar-refractivity contribution in [3.8, 4) is 0 Å². The molecule has 1 rings (SSSR count). The van der Waals surface area contributed by atoms with E-state index >= 15 is 0 Å². The maximum atomic E-state index is 5.55. The van der Waals surface area contributed by atoms with Crippen molar-refractivity contribution >= 4 is 0 Å². The molecule has 4 nitrogen and oxygen atoms in total. The quantitative estimate of drug-likeness (QED) is 0.598. The summed E-state index contributed by atoms with van der Waals surface area (Å²) in [4.78, 5) is 0. The summed E-state index contributed by atoms with van der Waals surface area (Å²) in [5, 5.41) is 4.39. The number of ether oxygens (including phenoxy) is 3. The summed E-state index contributed by atoms with van der Waals surface area (Å²) in [7, 11) is 0. The average Bonchev–Trinajstić information content (AvgIpc) is 2.32. The molecule has 4 heteroatoms. The van der Waals surface area contributed by atoms with Gasteiger partial charge in [-0.25, -0.2) is 5.32 Å². The second-order valence-corrected chi connectivity index (χ2v) is 4.03. The Labute approximate surface area is 98.6 Å². The van der Waals surface area contributed by atoms with Crippen LogP contribution in [0.2, 0.25) is 0 Å². The van der Waals surface area contributed by atoms with Crippen LogP contribution in [0.1, 0.15) is 39.5 Å². The van der Waals surface area contributed by atoms with E-state index in [0.29, 0.717) is 13.2 Å². The first kappa shape index (κ1) is 13.9. The lowest BCUT2D eigenvalue weighted by Crippen LogP contribution is -2.44. The first-order valence-electron chi connectivity index (χ1n) is 6.38. The Bertz CT molecular complexity index is 140. The van der Waals surface area contributed by atoms with Crippen LogP contribution in [-0.4, -0.2) is 38.9 Å². The summed E-state index contributed by atoms with van der Waals surface area (Å²) in [5.41, 5.74) is 0. The Morgan fingerprint density at radius 2 is 1.81 bits per heavy atom. The first-order chi connectivity index (χ1) is 7.86. The minimum atomic E-state index is -0.155. The number of unbranched alkanes of at least 4 members (excludes halogenated alkanes) is 2. The Morgan fingerprint density at radius 1 is 1.12 bits per heavy atom. The number of morpholine rings is 1. The molecule has 2 unspecified atom stereocenters. The molecule has 0 aliphatic carbocycles. The molecule has 1 fully saturated rings. The summed E-state index contributed by atoms with van der Waals surface area (Å²) < 4.78 is 16.6. The SMILES string of the molecule is CCCCOC1COC(OCCCC)C[N]1. The van der Waals surface area contributed by atoms with Crippen molar-refractivity contribution < 1.29 is 14.2 Å². The van der Waals surface area contributed by atoms with E-state index in [1.54, 1.807) is 0 Å². The van der Waals surface area contributed by atoms with Crippen LogP contribution < -0.4 is 5.32 Å². The molecule has 0 aromatic rings. The maximum absolute atomic E-state index is 5.55. The highest BCUT2D eigenvalue weighted by Crippen LogP contribution is 2.07. The highest BCUT2D eigenvalue weighted by molar-refractivity contribution is 4.63. The third-order valence-electron chi connectivity index (χ3n) is 2.49. The van der Waals surface area contributed by atoms with Gasteiger partial charge in [0.15, 0.2) is 6.29 Å². The Morgan fingerprint density at radius 3 is 2.38 bits per heavy atom. The number of hydrogen-bond acceptors (Lipinski definition) is 3. The van der Waals surface area contributed by atoms with Crippen molar-refractivity contribution in [2.75, 3.05) is 26.4 Å². The molecule has 2 atom stereocenters. The standard InChI is InChI=1S/C12H24NO3/c1-3-5-7-14-11-10-16-12(9-13-11)15-8-6-4-2/h11-12H,3-10H2,1-2H3. The molecular formula is C12H24NO3. The zero-order chi connectivity index (χ0) is 11.6. The maximum Gasteiger partial charge on any atom is 0.171 e. The fourth-order valence-corrected chi connectivity index (χ4v) is 1.42. The molecule has 0 N–H and O–H groups in total. The first-order valence-corrected chi connectivity index (χ1v) is 6.38. The van der Waals surface area contributed by atoms with Gasteiger partial charge in [0.05, 0.1) is 13.2 Å². The lowest BCUT2D eigenvalue weighted by atomic mass is 10.3. The molecular weight excluding hydrogens is 206 g/mol. The predicted molar refractivity (Wildman–Crippen MR) is 62.2 cm³/mol. The second-order valence-electron chi connectivity index (χ2n) is 4.03. The summed E-state index contributed by atoms with van der Waals surface area (Å²) >= 11 is 0. The topological polar surface area (TPSA) is 41.8 Å². The Kier molecular flexibility index (Phi) is 7.76. The van der Waals surface area contributed by atoms with Crippen LogP contribution in [0.5, 0.6) is 0 Å². The summed E-state index contributed by atoms with van der Waals surface area (Å²) in [6.07, 6.45) is 4.22. The third kappa shape index (κ3) is 5.80. The molecule has 1 heterocycles. The summed E-state index contributed by atoms with van der Waals surface area (Å²) in [5.74, 6) is 0. The van der Waals surface area contributed by atoms with Crippen molar-refractivity contribution in [1.29, 1.82) is 0 Å². The molecule has 0 bridgehead atoms. The van der Waals surface area contributed by atoms with Gasteiger partial charge in [-0.2, -0.15) is 0 Å². The second kappa shape index (κ2) is 8.93. The van der Waals surface area contributed by atoms with E-state index in [2.05, 4.69) is 19.2 Å². The summed E-state index contributed by atoms with van der Waals surface area (Å²) in [6.45, 7) is 6.96. The molecule has 16 heavy (non-hydrogen) atoms. The molecule has 1 radical (unpaired) electrons. The van der Waals surface area contributed by atoms with Crippen molar-refractivity contribution in [3.05, 3.63) is 0 Å². The van der Waals surface area contributed by atoms with E-state index < -0.39 is 0 Å². The molecule has 0 aromatic carbocycles. The van der Waals surface area contributed by atoms with Gasteiger partial charge in [-0.3, -0.25) is 0 Å². The van der Waals surface area contributed by atoms with E-state index in [0.717, 1.165) is 38.9 Å². The lowest BCUT2D eigenvalue weighted by molar-refractivity contribution is -0.196.